The normalized spacial score (nSPS) is 11.3. The van der Waals surface area contributed by atoms with Crippen molar-refractivity contribution in [3.63, 3.8) is 0 Å². The number of methoxy groups -OCH3 is 1. The molecule has 0 radical (unpaired) electrons. The van der Waals surface area contributed by atoms with Crippen molar-refractivity contribution in [1.29, 1.82) is 0 Å². The second kappa shape index (κ2) is 9.61. The molecule has 2 aromatic carbocycles. The lowest BCUT2D eigenvalue weighted by Crippen LogP contribution is -2.39. The van der Waals surface area contributed by atoms with Crippen molar-refractivity contribution in [3.8, 4) is 5.75 Å². The molecule has 0 fully saturated rings. The molecular formula is C19H23F2N3O. The van der Waals surface area contributed by atoms with Crippen molar-refractivity contribution in [1.82, 2.24) is 10.6 Å². The molecular weight excluding hydrogens is 324 g/mol. The lowest BCUT2D eigenvalue weighted by molar-refractivity contribution is 0.414. The molecule has 0 aliphatic heterocycles. The molecule has 2 N–H and O–H groups in total. The second-order valence-corrected chi connectivity index (χ2v) is 5.51. The van der Waals surface area contributed by atoms with E-state index in [2.05, 4.69) is 15.6 Å². The van der Waals surface area contributed by atoms with Crippen LogP contribution in [0.4, 0.5) is 8.78 Å². The quantitative estimate of drug-likeness (QED) is 0.598. The zero-order valence-corrected chi connectivity index (χ0v) is 14.5. The predicted molar refractivity (Wildman–Crippen MR) is 96.1 cm³/mol. The highest BCUT2D eigenvalue weighted by molar-refractivity contribution is 5.79. The second-order valence-electron chi connectivity index (χ2n) is 5.51. The number of nitrogens with zero attached hydrogens (tertiary/aromatic N) is 1. The van der Waals surface area contributed by atoms with Crippen LogP contribution >= 0.6 is 0 Å². The van der Waals surface area contributed by atoms with Gasteiger partial charge in [0.1, 0.15) is 17.4 Å². The molecule has 0 aliphatic carbocycles. The number of hydrogen-bond acceptors (Lipinski definition) is 2. The molecule has 0 aromatic heterocycles. The van der Waals surface area contributed by atoms with E-state index in [0.29, 0.717) is 31.0 Å². The van der Waals surface area contributed by atoms with Gasteiger partial charge in [0, 0.05) is 20.1 Å². The van der Waals surface area contributed by atoms with E-state index in [0.717, 1.165) is 24.3 Å². The van der Waals surface area contributed by atoms with Gasteiger partial charge in [-0.15, -0.1) is 0 Å². The van der Waals surface area contributed by atoms with Gasteiger partial charge in [0.2, 0.25) is 0 Å². The number of ether oxygens (including phenoxy) is 1. The fraction of sp³-hybridized carbons (Fsp3) is 0.316. The maximum absolute atomic E-state index is 13.6. The number of guanidine groups is 1. The minimum Gasteiger partial charge on any atom is -0.497 e. The van der Waals surface area contributed by atoms with Gasteiger partial charge in [-0.05, 0) is 54.3 Å². The van der Waals surface area contributed by atoms with Gasteiger partial charge in [0.25, 0.3) is 0 Å². The van der Waals surface area contributed by atoms with E-state index in [9.17, 15) is 8.78 Å². The van der Waals surface area contributed by atoms with Crippen LogP contribution in [0.15, 0.2) is 47.5 Å². The average Bonchev–Trinajstić information content (AvgIpc) is 2.63. The smallest absolute Gasteiger partial charge is 0.190 e. The van der Waals surface area contributed by atoms with Crippen LogP contribution in [0, 0.1) is 11.6 Å². The summed E-state index contributed by atoms with van der Waals surface area (Å²) in [7, 11) is 3.31. The summed E-state index contributed by atoms with van der Waals surface area (Å²) in [6.07, 6.45) is 1.21. The molecule has 0 unspecified atom stereocenters. The van der Waals surface area contributed by atoms with Gasteiger partial charge in [-0.1, -0.05) is 12.1 Å². The highest BCUT2D eigenvalue weighted by Gasteiger charge is 2.04. The molecule has 134 valence electrons. The fourth-order valence-corrected chi connectivity index (χ4v) is 2.39. The van der Waals surface area contributed by atoms with E-state index >= 15 is 0 Å². The number of benzene rings is 2. The van der Waals surface area contributed by atoms with Gasteiger partial charge in [-0.2, -0.15) is 0 Å². The summed E-state index contributed by atoms with van der Waals surface area (Å²) in [4.78, 5) is 4.12. The third-order valence-corrected chi connectivity index (χ3v) is 3.78. The maximum Gasteiger partial charge on any atom is 0.190 e. The van der Waals surface area contributed by atoms with Gasteiger partial charge in [-0.3, -0.25) is 4.99 Å². The standard InChI is InChI=1S/C19H23F2N3O/c1-22-19(23-11-9-14-3-6-17(25-2)7-4-14)24-12-10-15-13-16(20)5-8-18(15)21/h3-8,13H,9-12H2,1-2H3,(H2,22,23,24). The Bertz CT molecular complexity index is 702. The minimum atomic E-state index is -0.432. The monoisotopic (exact) mass is 347 g/mol. The van der Waals surface area contributed by atoms with E-state index in [1.165, 1.54) is 11.6 Å². The number of nitrogens with one attached hydrogen (secondary N) is 2. The summed E-state index contributed by atoms with van der Waals surface area (Å²) in [6, 6.07) is 11.4. The van der Waals surface area contributed by atoms with Gasteiger partial charge in [-0.25, -0.2) is 8.78 Å². The van der Waals surface area contributed by atoms with E-state index in [4.69, 9.17) is 4.74 Å². The molecule has 0 heterocycles. The van der Waals surface area contributed by atoms with Crippen molar-refractivity contribution < 1.29 is 13.5 Å². The molecule has 0 saturated heterocycles. The molecule has 0 bridgehead atoms. The number of rotatable bonds is 7. The first kappa shape index (κ1) is 18.7. The molecule has 0 spiro atoms. The summed E-state index contributed by atoms with van der Waals surface area (Å²) < 4.78 is 31.8. The molecule has 0 amide bonds. The molecule has 25 heavy (non-hydrogen) atoms. The molecule has 0 saturated carbocycles. The molecule has 6 heteroatoms. The van der Waals surface area contributed by atoms with Crippen molar-refractivity contribution in [2.75, 3.05) is 27.2 Å². The number of halogens is 2. The molecule has 0 atom stereocenters. The minimum absolute atomic E-state index is 0.348. The lowest BCUT2D eigenvalue weighted by Gasteiger charge is -2.12. The van der Waals surface area contributed by atoms with Gasteiger partial charge >= 0.3 is 0 Å². The molecule has 2 aromatic rings. The van der Waals surface area contributed by atoms with Crippen LogP contribution in [-0.2, 0) is 12.8 Å². The summed E-state index contributed by atoms with van der Waals surface area (Å²) in [5, 5.41) is 6.30. The molecule has 2 rings (SSSR count). The predicted octanol–water partition coefficient (Wildman–Crippen LogP) is 2.92. The third-order valence-electron chi connectivity index (χ3n) is 3.78. The number of hydrogen-bond donors (Lipinski definition) is 2. The summed E-state index contributed by atoms with van der Waals surface area (Å²) in [5.41, 5.74) is 1.53. The number of aliphatic imine (C=N–C) groups is 1. The first-order valence-corrected chi connectivity index (χ1v) is 8.13. The van der Waals surface area contributed by atoms with Crippen molar-refractivity contribution >= 4 is 5.96 Å². The Labute approximate surface area is 146 Å². The zero-order chi connectivity index (χ0) is 18.1. The highest BCUT2D eigenvalue weighted by Crippen LogP contribution is 2.11. The Kier molecular flexibility index (Phi) is 7.19. The van der Waals surface area contributed by atoms with E-state index in [1.807, 2.05) is 24.3 Å². The van der Waals surface area contributed by atoms with Crippen molar-refractivity contribution in [2.24, 2.45) is 4.99 Å². The Morgan fingerprint density at radius 3 is 2.32 bits per heavy atom. The SMILES string of the molecule is CN=C(NCCc1ccc(OC)cc1)NCCc1cc(F)ccc1F. The van der Waals surface area contributed by atoms with Crippen molar-refractivity contribution in [2.45, 2.75) is 12.8 Å². The van der Waals surface area contributed by atoms with Crippen LogP contribution in [0.25, 0.3) is 0 Å². The third kappa shape index (κ3) is 6.06. The van der Waals surface area contributed by atoms with Gasteiger partial charge in [0.15, 0.2) is 5.96 Å². The Morgan fingerprint density at radius 1 is 1.00 bits per heavy atom. The first-order valence-electron chi connectivity index (χ1n) is 8.13. The van der Waals surface area contributed by atoms with Crippen LogP contribution in [0.1, 0.15) is 11.1 Å². The van der Waals surface area contributed by atoms with Crippen LogP contribution in [0.3, 0.4) is 0 Å². The largest absolute Gasteiger partial charge is 0.497 e. The summed E-state index contributed by atoms with van der Waals surface area (Å²) in [5.74, 6) is 0.633. The van der Waals surface area contributed by atoms with Crippen LogP contribution in [0.5, 0.6) is 5.75 Å². The van der Waals surface area contributed by atoms with Gasteiger partial charge in [0.05, 0.1) is 7.11 Å². The summed E-state index contributed by atoms with van der Waals surface area (Å²) >= 11 is 0. The lowest BCUT2D eigenvalue weighted by atomic mass is 10.1. The molecule has 0 aliphatic rings. The van der Waals surface area contributed by atoms with E-state index in [1.54, 1.807) is 14.2 Å². The maximum atomic E-state index is 13.6. The Hall–Kier alpha value is -2.63. The van der Waals surface area contributed by atoms with Crippen LogP contribution in [-0.4, -0.2) is 33.2 Å². The Balaban J connectivity index is 1.74. The molecule has 4 nitrogen and oxygen atoms in total. The zero-order valence-electron chi connectivity index (χ0n) is 14.5. The first-order chi connectivity index (χ1) is 12.1. The van der Waals surface area contributed by atoms with E-state index < -0.39 is 11.6 Å². The topological polar surface area (TPSA) is 45.7 Å². The van der Waals surface area contributed by atoms with Gasteiger partial charge < -0.3 is 15.4 Å². The average molecular weight is 347 g/mol. The van der Waals surface area contributed by atoms with Crippen LogP contribution in [0.2, 0.25) is 0 Å². The Morgan fingerprint density at radius 2 is 1.68 bits per heavy atom. The highest BCUT2D eigenvalue weighted by atomic mass is 19.1. The van der Waals surface area contributed by atoms with Crippen LogP contribution < -0.4 is 15.4 Å². The summed E-state index contributed by atoms with van der Waals surface area (Å²) in [6.45, 7) is 1.17. The van der Waals surface area contributed by atoms with E-state index in [-0.39, 0.29) is 0 Å². The fourth-order valence-electron chi connectivity index (χ4n) is 2.39. The van der Waals surface area contributed by atoms with Crippen molar-refractivity contribution in [3.05, 3.63) is 65.2 Å².